The number of carbonyl (C=O) groups excluding carboxylic acids is 1. The lowest BCUT2D eigenvalue weighted by molar-refractivity contribution is -0.00190. The number of carbonyl (C=O) groups is 2. The zero-order valence-electron chi connectivity index (χ0n) is 20.3. The number of hydrogen-bond acceptors (Lipinski definition) is 6. The molecule has 0 spiro atoms. The second-order valence-corrected chi connectivity index (χ2v) is 9.84. The SMILES string of the molecule is Cc1nocc1C(=O)NC(c1nc2c(F)c(C3COCCN3C(=O)O)ccc2[nH]1)C1CCC(C)CC1. The Morgan fingerprint density at radius 1 is 1.28 bits per heavy atom. The van der Waals surface area contributed by atoms with Gasteiger partial charge in [-0.3, -0.25) is 9.69 Å². The molecule has 0 bridgehead atoms. The van der Waals surface area contributed by atoms with Crippen LogP contribution in [0.1, 0.15) is 72.1 Å². The monoisotopic (exact) mass is 499 g/mol. The quantitative estimate of drug-likeness (QED) is 0.475. The van der Waals surface area contributed by atoms with E-state index in [0.717, 1.165) is 25.7 Å². The number of fused-ring (bicyclic) bond motifs is 1. The van der Waals surface area contributed by atoms with E-state index in [1.165, 1.54) is 11.2 Å². The number of halogens is 1. The number of hydrogen-bond donors (Lipinski definition) is 3. The molecule has 2 fully saturated rings. The Hall–Kier alpha value is -3.47. The maximum atomic E-state index is 15.7. The van der Waals surface area contributed by atoms with Crippen molar-refractivity contribution < 1.29 is 28.3 Å². The van der Waals surface area contributed by atoms with E-state index < -0.39 is 24.0 Å². The van der Waals surface area contributed by atoms with Gasteiger partial charge in [0.2, 0.25) is 0 Å². The third-order valence-electron chi connectivity index (χ3n) is 7.48. The molecular formula is C25H30FN5O5. The zero-order valence-corrected chi connectivity index (χ0v) is 20.3. The van der Waals surface area contributed by atoms with E-state index in [4.69, 9.17) is 9.26 Å². The van der Waals surface area contributed by atoms with E-state index >= 15 is 4.39 Å². The molecule has 10 nitrogen and oxygen atoms in total. The van der Waals surface area contributed by atoms with Crippen molar-refractivity contribution in [3.8, 4) is 0 Å². The largest absolute Gasteiger partial charge is 0.465 e. The highest BCUT2D eigenvalue weighted by Crippen LogP contribution is 2.38. The van der Waals surface area contributed by atoms with Crippen LogP contribution in [0, 0.1) is 24.6 Å². The molecule has 2 unspecified atom stereocenters. The fourth-order valence-electron chi connectivity index (χ4n) is 5.33. The number of ether oxygens (including phenoxy) is 1. The highest BCUT2D eigenvalue weighted by atomic mass is 19.1. The van der Waals surface area contributed by atoms with Crippen LogP contribution in [0.5, 0.6) is 0 Å². The Labute approximate surface area is 207 Å². The first-order valence-electron chi connectivity index (χ1n) is 12.3. The third-order valence-corrected chi connectivity index (χ3v) is 7.48. The van der Waals surface area contributed by atoms with E-state index in [2.05, 4.69) is 27.4 Å². The number of aryl methyl sites for hydroxylation is 1. The molecule has 2 amide bonds. The molecular weight excluding hydrogens is 469 g/mol. The minimum Gasteiger partial charge on any atom is -0.465 e. The van der Waals surface area contributed by atoms with E-state index in [-0.39, 0.29) is 42.7 Å². The number of H-pyrrole nitrogens is 1. The lowest BCUT2D eigenvalue weighted by Crippen LogP contribution is -2.43. The second kappa shape index (κ2) is 9.88. The molecule has 1 aliphatic heterocycles. The number of morpholine rings is 1. The Bertz CT molecular complexity index is 1260. The molecule has 2 aromatic heterocycles. The second-order valence-electron chi connectivity index (χ2n) is 9.84. The van der Waals surface area contributed by atoms with Crippen molar-refractivity contribution in [1.82, 2.24) is 25.3 Å². The first-order valence-corrected chi connectivity index (χ1v) is 12.3. The van der Waals surface area contributed by atoms with Crippen molar-refractivity contribution in [2.45, 2.75) is 51.6 Å². The van der Waals surface area contributed by atoms with Gasteiger partial charge in [-0.2, -0.15) is 0 Å². The summed E-state index contributed by atoms with van der Waals surface area (Å²) < 4.78 is 26.1. The van der Waals surface area contributed by atoms with Crippen LogP contribution in [0.25, 0.3) is 11.0 Å². The Morgan fingerprint density at radius 2 is 2.06 bits per heavy atom. The molecule has 1 saturated carbocycles. The first-order chi connectivity index (χ1) is 17.3. The van der Waals surface area contributed by atoms with Gasteiger partial charge in [0, 0.05) is 12.1 Å². The molecule has 2 aliphatic rings. The Morgan fingerprint density at radius 3 is 2.75 bits per heavy atom. The summed E-state index contributed by atoms with van der Waals surface area (Å²) in [6.45, 7) is 4.43. The number of aromatic amines is 1. The summed E-state index contributed by atoms with van der Waals surface area (Å²) in [7, 11) is 0. The lowest BCUT2D eigenvalue weighted by Gasteiger charge is -2.33. The molecule has 3 aromatic rings. The molecule has 1 aromatic carbocycles. The highest BCUT2D eigenvalue weighted by Gasteiger charge is 2.34. The van der Waals surface area contributed by atoms with Gasteiger partial charge < -0.3 is 24.7 Å². The minimum atomic E-state index is -1.12. The van der Waals surface area contributed by atoms with Crippen LogP contribution in [0.2, 0.25) is 0 Å². The van der Waals surface area contributed by atoms with E-state index in [9.17, 15) is 14.7 Å². The van der Waals surface area contributed by atoms with Crippen LogP contribution in [0.15, 0.2) is 22.9 Å². The number of aromatic nitrogens is 3. The molecule has 1 saturated heterocycles. The van der Waals surface area contributed by atoms with Crippen LogP contribution in [0.3, 0.4) is 0 Å². The van der Waals surface area contributed by atoms with E-state index in [1.54, 1.807) is 19.1 Å². The topological polar surface area (TPSA) is 134 Å². The van der Waals surface area contributed by atoms with Gasteiger partial charge >= 0.3 is 6.09 Å². The van der Waals surface area contributed by atoms with Gasteiger partial charge in [-0.1, -0.05) is 31.0 Å². The van der Waals surface area contributed by atoms with Crippen molar-refractivity contribution in [3.05, 3.63) is 46.9 Å². The van der Waals surface area contributed by atoms with Crippen LogP contribution in [0.4, 0.5) is 9.18 Å². The number of imidazole rings is 1. The van der Waals surface area contributed by atoms with Crippen LogP contribution in [-0.2, 0) is 4.74 Å². The van der Waals surface area contributed by atoms with Gasteiger partial charge in [-0.05, 0) is 37.7 Å². The fraction of sp³-hybridized carbons (Fsp3) is 0.520. The number of nitrogens with one attached hydrogen (secondary N) is 2. The number of amides is 2. The van der Waals surface area contributed by atoms with Crippen LogP contribution in [-0.4, -0.2) is 56.9 Å². The molecule has 11 heteroatoms. The Balaban J connectivity index is 1.50. The smallest absolute Gasteiger partial charge is 0.407 e. The number of nitrogens with zero attached hydrogens (tertiary/aromatic N) is 3. The predicted octanol–water partition coefficient (Wildman–Crippen LogP) is 4.35. The van der Waals surface area contributed by atoms with Crippen molar-refractivity contribution in [3.63, 3.8) is 0 Å². The minimum absolute atomic E-state index is 0.0725. The van der Waals surface area contributed by atoms with Gasteiger partial charge in [-0.15, -0.1) is 0 Å². The van der Waals surface area contributed by atoms with Gasteiger partial charge in [0.25, 0.3) is 5.91 Å². The zero-order chi connectivity index (χ0) is 25.4. The first kappa shape index (κ1) is 24.2. The average Bonchev–Trinajstić information content (AvgIpc) is 3.50. The van der Waals surface area contributed by atoms with Crippen LogP contribution >= 0.6 is 0 Å². The Kier molecular flexibility index (Phi) is 6.65. The summed E-state index contributed by atoms with van der Waals surface area (Å²) in [5.41, 5.74) is 1.65. The molecule has 2 atom stereocenters. The molecule has 5 rings (SSSR count). The van der Waals surface area contributed by atoms with E-state index in [0.29, 0.717) is 28.5 Å². The molecule has 192 valence electrons. The fourth-order valence-corrected chi connectivity index (χ4v) is 5.33. The third kappa shape index (κ3) is 4.55. The summed E-state index contributed by atoms with van der Waals surface area (Å²) in [6.07, 6.45) is 4.09. The average molecular weight is 500 g/mol. The lowest BCUT2D eigenvalue weighted by atomic mass is 9.79. The summed E-state index contributed by atoms with van der Waals surface area (Å²) in [6, 6.07) is 2.06. The number of rotatable bonds is 5. The standard InChI is InChI=1S/C25H30FN5O5/c1-13-3-5-15(6-4-13)21(29-24(32)17-11-36-30-14(17)2)23-27-18-8-7-16(20(26)22(18)28-23)19-12-35-10-9-31(19)25(33)34/h7-8,11,13,15,19,21H,3-6,9-10,12H2,1-2H3,(H,27,28)(H,29,32)(H,33,34). The maximum absolute atomic E-state index is 15.7. The summed E-state index contributed by atoms with van der Waals surface area (Å²) in [5.74, 6) is 0.300. The molecule has 0 radical (unpaired) electrons. The maximum Gasteiger partial charge on any atom is 0.407 e. The molecule has 3 N–H and O–H groups in total. The molecule has 3 heterocycles. The number of carboxylic acid groups (broad SMARTS) is 1. The summed E-state index contributed by atoms with van der Waals surface area (Å²) >= 11 is 0. The van der Waals surface area contributed by atoms with E-state index in [1.807, 2.05) is 0 Å². The van der Waals surface area contributed by atoms with Crippen molar-refractivity contribution in [2.24, 2.45) is 11.8 Å². The van der Waals surface area contributed by atoms with Crippen molar-refractivity contribution in [2.75, 3.05) is 19.8 Å². The highest BCUT2D eigenvalue weighted by molar-refractivity contribution is 5.95. The van der Waals surface area contributed by atoms with Gasteiger partial charge in [0.05, 0.1) is 36.5 Å². The summed E-state index contributed by atoms with van der Waals surface area (Å²) in [4.78, 5) is 33.8. The van der Waals surface area contributed by atoms with Gasteiger partial charge in [-0.25, -0.2) is 14.2 Å². The van der Waals surface area contributed by atoms with Crippen molar-refractivity contribution in [1.29, 1.82) is 0 Å². The molecule has 36 heavy (non-hydrogen) atoms. The summed E-state index contributed by atoms with van der Waals surface area (Å²) in [5, 5.41) is 16.4. The van der Waals surface area contributed by atoms with Crippen molar-refractivity contribution >= 4 is 23.0 Å². The van der Waals surface area contributed by atoms with Crippen LogP contribution < -0.4 is 5.32 Å². The molecule has 1 aliphatic carbocycles. The number of benzene rings is 1. The van der Waals surface area contributed by atoms with Gasteiger partial charge in [0.15, 0.2) is 5.82 Å². The predicted molar refractivity (Wildman–Crippen MR) is 127 cm³/mol. The normalized spacial score (nSPS) is 23.5. The van der Waals surface area contributed by atoms with Gasteiger partial charge in [0.1, 0.15) is 23.2 Å².